The van der Waals surface area contributed by atoms with E-state index < -0.39 is 0 Å². The highest BCUT2D eigenvalue weighted by atomic mass is 32.1. The van der Waals surface area contributed by atoms with E-state index >= 15 is 0 Å². The summed E-state index contributed by atoms with van der Waals surface area (Å²) in [5.74, 6) is 0. The maximum atomic E-state index is 12.6. The maximum Gasteiger partial charge on any atom is 0.263 e. The third-order valence-electron chi connectivity index (χ3n) is 3.09. The van der Waals surface area contributed by atoms with Crippen LogP contribution < -0.4 is 10.4 Å². The zero-order chi connectivity index (χ0) is 14.7. The molecule has 0 unspecified atom stereocenters. The molecule has 0 spiro atoms. The number of fused-ring (bicyclic) bond motifs is 1. The molecule has 3 aromatic rings. The Bertz CT molecular complexity index is 881. The van der Waals surface area contributed by atoms with Crippen LogP contribution in [0.15, 0.2) is 58.4 Å². The molecule has 5 heteroatoms. The first-order chi connectivity index (χ1) is 10.3. The van der Waals surface area contributed by atoms with E-state index in [4.69, 9.17) is 0 Å². The molecule has 0 amide bonds. The Balaban J connectivity index is 2.33. The van der Waals surface area contributed by atoms with Crippen molar-refractivity contribution in [2.75, 3.05) is 0 Å². The van der Waals surface area contributed by atoms with E-state index in [2.05, 4.69) is 16.9 Å². The summed E-state index contributed by atoms with van der Waals surface area (Å²) >= 11 is 1.45. The van der Waals surface area contributed by atoms with Gasteiger partial charge in [0.15, 0.2) is 4.80 Å². The molecule has 2 heterocycles. The number of pyridine rings is 1. The zero-order valence-electron chi connectivity index (χ0n) is 11.7. The van der Waals surface area contributed by atoms with Gasteiger partial charge < -0.3 is 0 Å². The van der Waals surface area contributed by atoms with E-state index in [1.807, 2.05) is 36.4 Å². The monoisotopic (exact) mass is 297 g/mol. The van der Waals surface area contributed by atoms with Gasteiger partial charge in [-0.1, -0.05) is 36.5 Å². The van der Waals surface area contributed by atoms with E-state index in [1.165, 1.54) is 11.3 Å². The van der Waals surface area contributed by atoms with Gasteiger partial charge in [0.25, 0.3) is 5.56 Å². The maximum absolute atomic E-state index is 12.6. The highest BCUT2D eigenvalue weighted by Gasteiger charge is 2.06. The summed E-state index contributed by atoms with van der Waals surface area (Å²) in [4.78, 5) is 22.9. The van der Waals surface area contributed by atoms with Gasteiger partial charge in [0, 0.05) is 12.7 Å². The molecular formula is C16H15N3OS. The molecular weight excluding hydrogens is 282 g/mol. The van der Waals surface area contributed by atoms with Gasteiger partial charge in [0.1, 0.15) is 4.83 Å². The molecule has 4 nitrogen and oxygen atoms in total. The van der Waals surface area contributed by atoms with Gasteiger partial charge >= 0.3 is 0 Å². The summed E-state index contributed by atoms with van der Waals surface area (Å²) in [5.41, 5.74) is 0.821. The molecule has 0 fully saturated rings. The summed E-state index contributed by atoms with van der Waals surface area (Å²) in [6, 6.07) is 13.3. The van der Waals surface area contributed by atoms with Gasteiger partial charge in [-0.15, -0.1) is 0 Å². The molecule has 0 aliphatic carbocycles. The molecule has 0 aliphatic heterocycles. The number of hydrogen-bond donors (Lipinski definition) is 0. The third kappa shape index (κ3) is 2.78. The van der Waals surface area contributed by atoms with Crippen LogP contribution >= 0.6 is 11.3 Å². The zero-order valence-corrected chi connectivity index (χ0v) is 12.5. The first-order valence-electron chi connectivity index (χ1n) is 6.88. The van der Waals surface area contributed by atoms with Crippen LogP contribution in [0.4, 0.5) is 5.69 Å². The van der Waals surface area contributed by atoms with Gasteiger partial charge in [-0.25, -0.2) is 9.98 Å². The van der Waals surface area contributed by atoms with Crippen molar-refractivity contribution in [3.8, 4) is 0 Å². The fourth-order valence-corrected chi connectivity index (χ4v) is 3.11. The standard InChI is InChI=1S/C16H15N3OS/c1-2-11-19-15(20)13-9-6-10-17-14(13)21-16(19)18-12-7-4-3-5-8-12/h3-10H,2,11H2,1H3/b18-16-. The van der Waals surface area contributed by atoms with E-state index in [-0.39, 0.29) is 5.56 Å². The second-order valence-corrected chi connectivity index (χ2v) is 5.60. The van der Waals surface area contributed by atoms with E-state index in [0.29, 0.717) is 16.7 Å². The number of benzene rings is 1. The third-order valence-corrected chi connectivity index (χ3v) is 4.11. The molecule has 0 atom stereocenters. The number of hydrogen-bond acceptors (Lipinski definition) is 4. The van der Waals surface area contributed by atoms with Crippen LogP contribution in [0.25, 0.3) is 10.2 Å². The highest BCUT2D eigenvalue weighted by Crippen LogP contribution is 2.11. The lowest BCUT2D eigenvalue weighted by Gasteiger charge is -2.06. The Morgan fingerprint density at radius 1 is 1.19 bits per heavy atom. The Kier molecular flexibility index (Phi) is 3.92. The van der Waals surface area contributed by atoms with Gasteiger partial charge in [-0.2, -0.15) is 0 Å². The minimum Gasteiger partial charge on any atom is -0.284 e. The smallest absolute Gasteiger partial charge is 0.263 e. The van der Waals surface area contributed by atoms with Crippen molar-refractivity contribution in [2.24, 2.45) is 4.99 Å². The molecule has 0 N–H and O–H groups in total. The van der Waals surface area contributed by atoms with Crippen LogP contribution in [0.2, 0.25) is 0 Å². The van der Waals surface area contributed by atoms with E-state index in [9.17, 15) is 4.79 Å². The lowest BCUT2D eigenvalue weighted by Crippen LogP contribution is -2.31. The molecule has 21 heavy (non-hydrogen) atoms. The predicted molar refractivity (Wildman–Crippen MR) is 85.8 cm³/mol. The average Bonchev–Trinajstić information content (AvgIpc) is 2.52. The fraction of sp³-hybridized carbons (Fsp3) is 0.188. The summed E-state index contributed by atoms with van der Waals surface area (Å²) in [7, 11) is 0. The molecule has 0 saturated carbocycles. The van der Waals surface area contributed by atoms with Gasteiger partial charge in [0.2, 0.25) is 0 Å². The molecule has 1 aromatic carbocycles. The topological polar surface area (TPSA) is 47.2 Å². The van der Waals surface area contributed by atoms with Gasteiger partial charge in [-0.3, -0.25) is 9.36 Å². The minimum atomic E-state index is -0.0200. The Hall–Kier alpha value is -2.27. The van der Waals surface area contributed by atoms with E-state index in [0.717, 1.165) is 16.9 Å². The average molecular weight is 297 g/mol. The SMILES string of the molecule is CCCn1c(=O)c2cccnc2s/c1=N\c1ccccc1. The van der Waals surface area contributed by atoms with Crippen LogP contribution in [-0.2, 0) is 6.54 Å². The molecule has 0 radical (unpaired) electrons. The van der Waals surface area contributed by atoms with Crippen molar-refractivity contribution in [3.63, 3.8) is 0 Å². The first kappa shape index (κ1) is 13.7. The van der Waals surface area contributed by atoms with Crippen molar-refractivity contribution in [1.29, 1.82) is 0 Å². The molecule has 0 aliphatic rings. The first-order valence-corrected chi connectivity index (χ1v) is 7.69. The second-order valence-electron chi connectivity index (χ2n) is 4.64. The van der Waals surface area contributed by atoms with Crippen LogP contribution in [0.5, 0.6) is 0 Å². The highest BCUT2D eigenvalue weighted by molar-refractivity contribution is 7.15. The largest absolute Gasteiger partial charge is 0.284 e. The number of para-hydroxylation sites is 1. The normalized spacial score (nSPS) is 12.0. The van der Waals surface area contributed by atoms with Crippen molar-refractivity contribution >= 4 is 27.2 Å². The van der Waals surface area contributed by atoms with Crippen molar-refractivity contribution in [1.82, 2.24) is 9.55 Å². The van der Waals surface area contributed by atoms with Crippen molar-refractivity contribution < 1.29 is 0 Å². The molecule has 0 bridgehead atoms. The summed E-state index contributed by atoms with van der Waals surface area (Å²) in [5, 5.41) is 0.656. The van der Waals surface area contributed by atoms with Gasteiger partial charge in [-0.05, 0) is 30.7 Å². The lowest BCUT2D eigenvalue weighted by molar-refractivity contribution is 0.640. The lowest BCUT2D eigenvalue weighted by atomic mass is 10.3. The summed E-state index contributed by atoms with van der Waals surface area (Å²) in [6.07, 6.45) is 2.59. The van der Waals surface area contributed by atoms with E-state index in [1.54, 1.807) is 16.8 Å². The predicted octanol–water partition coefficient (Wildman–Crippen LogP) is 3.10. The summed E-state index contributed by atoms with van der Waals surface area (Å²) in [6.45, 7) is 2.71. The Morgan fingerprint density at radius 3 is 2.76 bits per heavy atom. The molecule has 0 saturated heterocycles. The van der Waals surface area contributed by atoms with Crippen molar-refractivity contribution in [3.05, 3.63) is 63.8 Å². The van der Waals surface area contributed by atoms with Crippen LogP contribution in [0.3, 0.4) is 0 Å². The second kappa shape index (κ2) is 6.01. The number of nitrogens with zero attached hydrogens (tertiary/aromatic N) is 3. The minimum absolute atomic E-state index is 0.0200. The number of rotatable bonds is 3. The quantitative estimate of drug-likeness (QED) is 0.746. The van der Waals surface area contributed by atoms with Crippen LogP contribution in [-0.4, -0.2) is 9.55 Å². The van der Waals surface area contributed by atoms with Gasteiger partial charge in [0.05, 0.1) is 11.1 Å². The Morgan fingerprint density at radius 2 is 2.00 bits per heavy atom. The fourth-order valence-electron chi connectivity index (χ4n) is 2.13. The Labute approximate surface area is 126 Å². The molecule has 2 aromatic heterocycles. The van der Waals surface area contributed by atoms with Crippen LogP contribution in [0.1, 0.15) is 13.3 Å². The number of aromatic nitrogens is 2. The van der Waals surface area contributed by atoms with Crippen LogP contribution in [0, 0.1) is 0 Å². The molecule has 3 rings (SSSR count). The van der Waals surface area contributed by atoms with Crippen molar-refractivity contribution in [2.45, 2.75) is 19.9 Å². The summed E-state index contributed by atoms with van der Waals surface area (Å²) < 4.78 is 1.74. The molecule has 106 valence electrons.